The van der Waals surface area contributed by atoms with Crippen LogP contribution in [0.25, 0.3) is 0 Å². The molecule has 0 bridgehead atoms. The monoisotopic (exact) mass is 281 g/mol. The normalized spacial score (nSPS) is 22.4. The lowest BCUT2D eigenvalue weighted by Gasteiger charge is -2.17. The Hall–Kier alpha value is -1.53. The van der Waals surface area contributed by atoms with Crippen LogP contribution in [0.5, 0.6) is 0 Å². The van der Waals surface area contributed by atoms with Gasteiger partial charge in [-0.05, 0) is 12.5 Å². The Morgan fingerprint density at radius 2 is 1.95 bits per heavy atom. The van der Waals surface area contributed by atoms with Crippen molar-refractivity contribution >= 4 is 11.6 Å². The van der Waals surface area contributed by atoms with Crippen LogP contribution in [0.3, 0.4) is 0 Å². The Balaban J connectivity index is 2.16. The van der Waals surface area contributed by atoms with Gasteiger partial charge in [0.05, 0.1) is 5.69 Å². The first kappa shape index (κ1) is 14.9. The van der Waals surface area contributed by atoms with E-state index in [-0.39, 0.29) is 18.1 Å². The Morgan fingerprint density at radius 1 is 1.35 bits per heavy atom. The van der Waals surface area contributed by atoms with E-state index in [0.29, 0.717) is 24.5 Å². The number of carbonyl (C=O) groups excluding carboxylic acids is 1. The van der Waals surface area contributed by atoms with E-state index >= 15 is 0 Å². The van der Waals surface area contributed by atoms with Crippen molar-refractivity contribution in [2.45, 2.75) is 32.1 Å². The maximum Gasteiger partial charge on any atom is 0.270 e. The number of aryl methyl sites for hydroxylation is 1. The van der Waals surface area contributed by atoms with Crippen LogP contribution in [0, 0.1) is 0 Å². The number of ether oxygens (including phenoxy) is 2. The highest BCUT2D eigenvalue weighted by Crippen LogP contribution is 2.20. The van der Waals surface area contributed by atoms with Crippen LogP contribution in [0.2, 0.25) is 0 Å². The minimum Gasteiger partial charge on any atom is -0.397 e. The highest BCUT2D eigenvalue weighted by Gasteiger charge is 2.36. The molecule has 1 saturated heterocycles. The van der Waals surface area contributed by atoms with Gasteiger partial charge in [-0.3, -0.25) is 4.79 Å². The molecule has 1 aliphatic heterocycles. The summed E-state index contributed by atoms with van der Waals surface area (Å²) in [5.74, 6) is -0.0169. The summed E-state index contributed by atoms with van der Waals surface area (Å²) >= 11 is 0. The first-order valence-corrected chi connectivity index (χ1v) is 6.91. The topological polar surface area (TPSA) is 69.7 Å². The number of methoxy groups -OCH3 is 2. The minimum atomic E-state index is -0.0733. The van der Waals surface area contributed by atoms with Crippen LogP contribution < -0.4 is 5.73 Å². The molecular weight excluding hydrogens is 258 g/mol. The number of carbonyl (C=O) groups is 1. The van der Waals surface area contributed by atoms with Gasteiger partial charge in [-0.15, -0.1) is 0 Å². The molecule has 6 heteroatoms. The van der Waals surface area contributed by atoms with Crippen molar-refractivity contribution in [3.8, 4) is 0 Å². The van der Waals surface area contributed by atoms with E-state index in [4.69, 9.17) is 15.2 Å². The van der Waals surface area contributed by atoms with Crippen molar-refractivity contribution < 1.29 is 14.3 Å². The van der Waals surface area contributed by atoms with Crippen molar-refractivity contribution in [1.29, 1.82) is 0 Å². The number of nitrogens with two attached hydrogens (primary N) is 1. The molecule has 112 valence electrons. The van der Waals surface area contributed by atoms with E-state index in [9.17, 15) is 4.79 Å². The number of nitrogen functional groups attached to an aromatic ring is 1. The first-order chi connectivity index (χ1) is 9.60. The maximum absolute atomic E-state index is 12.6. The predicted molar refractivity (Wildman–Crippen MR) is 76.6 cm³/mol. The second-order valence-electron chi connectivity index (χ2n) is 5.11. The second-order valence-corrected chi connectivity index (χ2v) is 5.11. The van der Waals surface area contributed by atoms with Crippen molar-refractivity contribution in [2.75, 3.05) is 33.0 Å². The zero-order valence-electron chi connectivity index (χ0n) is 12.3. The van der Waals surface area contributed by atoms with E-state index in [1.165, 1.54) is 0 Å². The highest BCUT2D eigenvalue weighted by molar-refractivity contribution is 5.94. The lowest BCUT2D eigenvalue weighted by molar-refractivity contribution is -0.00461. The number of aromatic nitrogens is 1. The molecule has 6 nitrogen and oxygen atoms in total. The Morgan fingerprint density at radius 3 is 2.45 bits per heavy atom. The maximum atomic E-state index is 12.6. The molecule has 1 aromatic rings. The number of nitrogens with zero attached hydrogens (tertiary/aromatic N) is 2. The van der Waals surface area contributed by atoms with E-state index in [0.717, 1.165) is 13.0 Å². The van der Waals surface area contributed by atoms with E-state index in [2.05, 4.69) is 6.92 Å². The summed E-state index contributed by atoms with van der Waals surface area (Å²) in [6, 6.07) is 1.74. The van der Waals surface area contributed by atoms with Crippen LogP contribution in [0.15, 0.2) is 12.3 Å². The molecule has 0 aliphatic carbocycles. The third-order valence-corrected chi connectivity index (χ3v) is 3.71. The molecule has 2 atom stereocenters. The third-order valence-electron chi connectivity index (χ3n) is 3.71. The second kappa shape index (κ2) is 6.28. The number of likely N-dealkylation sites (tertiary alicyclic amines) is 1. The molecule has 2 rings (SSSR count). The van der Waals surface area contributed by atoms with Gasteiger partial charge >= 0.3 is 0 Å². The minimum absolute atomic E-state index is 0.0169. The molecule has 1 amide bonds. The summed E-state index contributed by atoms with van der Waals surface area (Å²) in [7, 11) is 3.28. The Kier molecular flexibility index (Phi) is 4.67. The van der Waals surface area contributed by atoms with Gasteiger partial charge in [-0.2, -0.15) is 0 Å². The van der Waals surface area contributed by atoms with Gasteiger partial charge in [0.2, 0.25) is 0 Å². The summed E-state index contributed by atoms with van der Waals surface area (Å²) in [5.41, 5.74) is 7.07. The molecule has 0 aromatic carbocycles. The molecule has 2 unspecified atom stereocenters. The SMILES string of the molecule is CCCn1cc(N)cc1C(=O)N1CC(OC)C(OC)C1. The summed E-state index contributed by atoms with van der Waals surface area (Å²) in [6.45, 7) is 3.95. The molecule has 1 aromatic heterocycles. The average molecular weight is 281 g/mol. The van der Waals surface area contributed by atoms with Gasteiger partial charge in [0.15, 0.2) is 0 Å². The quantitative estimate of drug-likeness (QED) is 0.873. The zero-order chi connectivity index (χ0) is 14.7. The largest absolute Gasteiger partial charge is 0.397 e. The van der Waals surface area contributed by atoms with Crippen LogP contribution in [0.4, 0.5) is 5.69 Å². The van der Waals surface area contributed by atoms with Gasteiger partial charge in [-0.25, -0.2) is 0 Å². The number of anilines is 1. The fourth-order valence-electron chi connectivity index (χ4n) is 2.66. The van der Waals surface area contributed by atoms with Crippen LogP contribution >= 0.6 is 0 Å². The summed E-state index contributed by atoms with van der Waals surface area (Å²) < 4.78 is 12.6. The smallest absolute Gasteiger partial charge is 0.270 e. The fraction of sp³-hybridized carbons (Fsp3) is 0.643. The van der Waals surface area contributed by atoms with Gasteiger partial charge in [0.1, 0.15) is 17.9 Å². The van der Waals surface area contributed by atoms with E-state index in [1.807, 2.05) is 10.8 Å². The van der Waals surface area contributed by atoms with Gasteiger partial charge in [0, 0.05) is 40.1 Å². The van der Waals surface area contributed by atoms with Crippen molar-refractivity contribution in [1.82, 2.24) is 9.47 Å². The van der Waals surface area contributed by atoms with E-state index in [1.54, 1.807) is 25.2 Å². The third kappa shape index (κ3) is 2.81. The Bertz CT molecular complexity index is 460. The lowest BCUT2D eigenvalue weighted by atomic mass is 10.3. The molecule has 1 aliphatic rings. The number of rotatable bonds is 5. The number of amides is 1. The van der Waals surface area contributed by atoms with Crippen LogP contribution in [-0.4, -0.2) is 54.9 Å². The predicted octanol–water partition coefficient (Wildman–Crippen LogP) is 0.966. The van der Waals surface area contributed by atoms with Gasteiger partial charge in [-0.1, -0.05) is 6.92 Å². The molecule has 0 spiro atoms. The molecule has 2 N–H and O–H groups in total. The molecule has 2 heterocycles. The molecule has 0 saturated carbocycles. The Labute approximate surface area is 119 Å². The molecular formula is C14H23N3O3. The van der Waals surface area contributed by atoms with Gasteiger partial charge < -0.3 is 24.7 Å². The number of hydrogen-bond acceptors (Lipinski definition) is 4. The van der Waals surface area contributed by atoms with Crippen molar-refractivity contribution in [3.63, 3.8) is 0 Å². The lowest BCUT2D eigenvalue weighted by Crippen LogP contribution is -2.31. The summed E-state index contributed by atoms with van der Waals surface area (Å²) in [5, 5.41) is 0. The van der Waals surface area contributed by atoms with Crippen molar-refractivity contribution in [2.24, 2.45) is 0 Å². The first-order valence-electron chi connectivity index (χ1n) is 6.91. The zero-order valence-corrected chi connectivity index (χ0v) is 12.3. The average Bonchev–Trinajstić information content (AvgIpc) is 3.01. The van der Waals surface area contributed by atoms with Gasteiger partial charge in [0.25, 0.3) is 5.91 Å². The molecule has 20 heavy (non-hydrogen) atoms. The standard InChI is InChI=1S/C14H23N3O3/c1-4-5-16-7-10(15)6-11(16)14(18)17-8-12(19-2)13(9-17)20-3/h6-7,12-13H,4-5,8-9,15H2,1-3H3. The number of hydrogen-bond donors (Lipinski definition) is 1. The summed E-state index contributed by atoms with van der Waals surface area (Å²) in [6.07, 6.45) is 2.62. The molecule has 1 fully saturated rings. The summed E-state index contributed by atoms with van der Waals surface area (Å²) in [4.78, 5) is 14.4. The fourth-order valence-corrected chi connectivity index (χ4v) is 2.66. The van der Waals surface area contributed by atoms with Crippen LogP contribution in [-0.2, 0) is 16.0 Å². The van der Waals surface area contributed by atoms with Crippen LogP contribution in [0.1, 0.15) is 23.8 Å². The highest BCUT2D eigenvalue weighted by atomic mass is 16.5. The van der Waals surface area contributed by atoms with Crippen molar-refractivity contribution in [3.05, 3.63) is 18.0 Å². The van der Waals surface area contributed by atoms with E-state index < -0.39 is 0 Å². The molecule has 0 radical (unpaired) electrons.